The SMILES string of the molecule is CC1(n2c(C3CC3)nc3cccc(C(=O)O)c32)CC1. The summed E-state index contributed by atoms with van der Waals surface area (Å²) in [5.41, 5.74) is 2.11. The Kier molecular flexibility index (Phi) is 1.96. The van der Waals surface area contributed by atoms with Crippen LogP contribution in [0.5, 0.6) is 0 Å². The normalized spacial score (nSPS) is 20.7. The number of carboxylic acids is 1. The summed E-state index contributed by atoms with van der Waals surface area (Å²) in [6, 6.07) is 5.40. The zero-order valence-corrected chi connectivity index (χ0v) is 10.9. The molecule has 0 radical (unpaired) electrons. The molecular formula is C15H16N2O2. The lowest BCUT2D eigenvalue weighted by Crippen LogP contribution is -2.17. The van der Waals surface area contributed by atoms with Crippen LogP contribution in [-0.2, 0) is 5.54 Å². The van der Waals surface area contributed by atoms with E-state index < -0.39 is 5.97 Å². The molecule has 0 aliphatic heterocycles. The highest BCUT2D eigenvalue weighted by molar-refractivity contribution is 6.01. The van der Waals surface area contributed by atoms with Gasteiger partial charge in [-0.3, -0.25) is 0 Å². The van der Waals surface area contributed by atoms with Crippen molar-refractivity contribution in [3.8, 4) is 0 Å². The molecule has 1 aromatic carbocycles. The van der Waals surface area contributed by atoms with E-state index in [1.165, 1.54) is 12.8 Å². The predicted octanol–water partition coefficient (Wildman–Crippen LogP) is 3.12. The van der Waals surface area contributed by atoms with Gasteiger partial charge in [0.1, 0.15) is 5.82 Å². The molecule has 4 heteroatoms. The fraction of sp³-hybridized carbons (Fsp3) is 0.467. The Hall–Kier alpha value is -1.84. The minimum Gasteiger partial charge on any atom is -0.478 e. The molecule has 2 aromatic rings. The number of nitrogens with zero attached hydrogens (tertiary/aromatic N) is 2. The topological polar surface area (TPSA) is 55.1 Å². The molecule has 2 saturated carbocycles. The van der Waals surface area contributed by atoms with Crippen molar-refractivity contribution in [2.75, 3.05) is 0 Å². The molecule has 1 heterocycles. The van der Waals surface area contributed by atoms with Gasteiger partial charge in [-0.05, 0) is 44.7 Å². The van der Waals surface area contributed by atoms with Crippen LogP contribution in [0.3, 0.4) is 0 Å². The third-order valence-electron chi connectivity index (χ3n) is 4.39. The van der Waals surface area contributed by atoms with E-state index >= 15 is 0 Å². The summed E-state index contributed by atoms with van der Waals surface area (Å²) in [7, 11) is 0. The smallest absolute Gasteiger partial charge is 0.337 e. The van der Waals surface area contributed by atoms with Crippen LogP contribution < -0.4 is 0 Å². The van der Waals surface area contributed by atoms with Crippen molar-refractivity contribution in [2.45, 2.75) is 44.1 Å². The number of hydrogen-bond donors (Lipinski definition) is 1. The summed E-state index contributed by atoms with van der Waals surface area (Å²) in [6.07, 6.45) is 4.60. The lowest BCUT2D eigenvalue weighted by molar-refractivity contribution is 0.0698. The van der Waals surface area contributed by atoms with Crippen molar-refractivity contribution in [1.29, 1.82) is 0 Å². The number of benzene rings is 1. The maximum absolute atomic E-state index is 11.5. The average Bonchev–Trinajstić information content (AvgIpc) is 3.29. The van der Waals surface area contributed by atoms with Gasteiger partial charge in [0, 0.05) is 11.5 Å². The summed E-state index contributed by atoms with van der Waals surface area (Å²) in [4.78, 5) is 16.2. The van der Waals surface area contributed by atoms with E-state index in [-0.39, 0.29) is 5.54 Å². The van der Waals surface area contributed by atoms with Gasteiger partial charge in [0.2, 0.25) is 0 Å². The van der Waals surface area contributed by atoms with Gasteiger partial charge in [0.05, 0.1) is 16.6 Å². The molecule has 1 N–H and O–H groups in total. The van der Waals surface area contributed by atoms with Gasteiger partial charge < -0.3 is 9.67 Å². The van der Waals surface area contributed by atoms with Crippen LogP contribution in [0.4, 0.5) is 0 Å². The van der Waals surface area contributed by atoms with Crippen molar-refractivity contribution in [2.24, 2.45) is 0 Å². The Morgan fingerprint density at radius 3 is 2.74 bits per heavy atom. The molecule has 2 fully saturated rings. The third kappa shape index (κ3) is 1.52. The number of imidazole rings is 1. The lowest BCUT2D eigenvalue weighted by atomic mass is 10.1. The predicted molar refractivity (Wildman–Crippen MR) is 71.5 cm³/mol. The molecule has 0 bridgehead atoms. The second kappa shape index (κ2) is 3.38. The van der Waals surface area contributed by atoms with Crippen molar-refractivity contribution >= 4 is 17.0 Å². The first-order valence-electron chi connectivity index (χ1n) is 6.85. The third-order valence-corrected chi connectivity index (χ3v) is 4.39. The number of hydrogen-bond acceptors (Lipinski definition) is 2. The highest BCUT2D eigenvalue weighted by Gasteiger charge is 2.45. The molecule has 4 rings (SSSR count). The Balaban J connectivity index is 2.08. The number of fused-ring (bicyclic) bond motifs is 1. The number of rotatable bonds is 3. The summed E-state index contributed by atoms with van der Waals surface area (Å²) in [5.74, 6) is 0.772. The van der Waals surface area contributed by atoms with Crippen molar-refractivity contribution in [3.05, 3.63) is 29.6 Å². The summed E-state index contributed by atoms with van der Waals surface area (Å²) < 4.78 is 2.23. The summed E-state index contributed by atoms with van der Waals surface area (Å²) in [5, 5.41) is 9.42. The standard InChI is InChI=1S/C15H16N2O2/c1-15(7-8-15)17-12-10(14(18)19)3-2-4-11(12)16-13(17)9-5-6-9/h2-4,9H,5-8H2,1H3,(H,18,19). The molecule has 2 aliphatic carbocycles. The first-order valence-corrected chi connectivity index (χ1v) is 6.85. The lowest BCUT2D eigenvalue weighted by Gasteiger charge is -2.17. The summed E-state index contributed by atoms with van der Waals surface area (Å²) >= 11 is 0. The van der Waals surface area contributed by atoms with Crippen molar-refractivity contribution < 1.29 is 9.90 Å². The Bertz CT molecular complexity index is 693. The van der Waals surface area contributed by atoms with Gasteiger partial charge >= 0.3 is 5.97 Å². The zero-order valence-electron chi connectivity index (χ0n) is 10.9. The van der Waals surface area contributed by atoms with E-state index in [0.717, 1.165) is 29.7 Å². The Morgan fingerprint density at radius 1 is 1.42 bits per heavy atom. The molecule has 0 amide bonds. The van der Waals surface area contributed by atoms with Crippen LogP contribution >= 0.6 is 0 Å². The Labute approximate surface area is 111 Å². The highest BCUT2D eigenvalue weighted by Crippen LogP contribution is 2.50. The van der Waals surface area contributed by atoms with Crippen molar-refractivity contribution in [1.82, 2.24) is 9.55 Å². The zero-order chi connectivity index (χ0) is 13.2. The number of carbonyl (C=O) groups is 1. The molecule has 0 unspecified atom stereocenters. The molecule has 0 spiro atoms. The molecule has 0 atom stereocenters. The molecule has 4 nitrogen and oxygen atoms in total. The highest BCUT2D eigenvalue weighted by atomic mass is 16.4. The van der Waals surface area contributed by atoms with Crippen LogP contribution in [0.1, 0.15) is 54.7 Å². The van der Waals surface area contributed by atoms with Gasteiger partial charge in [0.25, 0.3) is 0 Å². The summed E-state index contributed by atoms with van der Waals surface area (Å²) in [6.45, 7) is 2.21. The average molecular weight is 256 g/mol. The molecular weight excluding hydrogens is 240 g/mol. The fourth-order valence-electron chi connectivity index (χ4n) is 2.88. The van der Waals surface area contributed by atoms with E-state index in [4.69, 9.17) is 4.98 Å². The Morgan fingerprint density at radius 2 is 2.16 bits per heavy atom. The first-order chi connectivity index (χ1) is 9.10. The second-order valence-electron chi connectivity index (χ2n) is 6.06. The van der Waals surface area contributed by atoms with Crippen LogP contribution in [-0.4, -0.2) is 20.6 Å². The first kappa shape index (κ1) is 11.0. The van der Waals surface area contributed by atoms with Crippen LogP contribution in [0, 0.1) is 0 Å². The quantitative estimate of drug-likeness (QED) is 0.918. The van der Waals surface area contributed by atoms with Crippen LogP contribution in [0.2, 0.25) is 0 Å². The molecule has 2 aliphatic rings. The van der Waals surface area contributed by atoms with Gasteiger partial charge in [-0.15, -0.1) is 0 Å². The monoisotopic (exact) mass is 256 g/mol. The number of para-hydroxylation sites is 1. The van der Waals surface area contributed by atoms with E-state index in [2.05, 4.69) is 11.5 Å². The van der Waals surface area contributed by atoms with Gasteiger partial charge in [-0.2, -0.15) is 0 Å². The molecule has 19 heavy (non-hydrogen) atoms. The van der Waals surface area contributed by atoms with E-state index in [9.17, 15) is 9.90 Å². The number of carboxylic acid groups (broad SMARTS) is 1. The van der Waals surface area contributed by atoms with E-state index in [1.54, 1.807) is 12.1 Å². The minimum absolute atomic E-state index is 0.0816. The van der Waals surface area contributed by atoms with Crippen molar-refractivity contribution in [3.63, 3.8) is 0 Å². The van der Waals surface area contributed by atoms with E-state index in [0.29, 0.717) is 11.5 Å². The molecule has 0 saturated heterocycles. The number of aromatic carboxylic acids is 1. The number of aromatic nitrogens is 2. The van der Waals surface area contributed by atoms with Gasteiger partial charge in [-0.1, -0.05) is 6.07 Å². The van der Waals surface area contributed by atoms with E-state index in [1.807, 2.05) is 6.07 Å². The second-order valence-corrected chi connectivity index (χ2v) is 6.06. The van der Waals surface area contributed by atoms with Crippen LogP contribution in [0.15, 0.2) is 18.2 Å². The molecule has 1 aromatic heterocycles. The van der Waals surface area contributed by atoms with Gasteiger partial charge in [-0.25, -0.2) is 9.78 Å². The largest absolute Gasteiger partial charge is 0.478 e. The molecule has 98 valence electrons. The maximum Gasteiger partial charge on any atom is 0.337 e. The minimum atomic E-state index is -0.863. The van der Waals surface area contributed by atoms with Gasteiger partial charge in [0.15, 0.2) is 0 Å². The maximum atomic E-state index is 11.5. The fourth-order valence-corrected chi connectivity index (χ4v) is 2.88. The van der Waals surface area contributed by atoms with Crippen LogP contribution in [0.25, 0.3) is 11.0 Å².